The summed E-state index contributed by atoms with van der Waals surface area (Å²) in [6.45, 7) is 2.32. The Morgan fingerprint density at radius 1 is 0.660 bits per heavy atom. The van der Waals surface area contributed by atoms with Crippen LogP contribution in [0, 0.1) is 5.92 Å². The molecule has 0 bridgehead atoms. The van der Waals surface area contributed by atoms with Crippen LogP contribution in [0.25, 0.3) is 0 Å². The van der Waals surface area contributed by atoms with Crippen molar-refractivity contribution < 1.29 is 4.79 Å². The van der Waals surface area contributed by atoms with Crippen LogP contribution in [0.15, 0.2) is 139 Å². The van der Waals surface area contributed by atoms with Gasteiger partial charge in [0.05, 0.1) is 0 Å². The molecule has 0 fully saturated rings. The molecule has 5 heteroatoms. The second kappa shape index (κ2) is 13.4. The fourth-order valence-electron chi connectivity index (χ4n) is 6.56. The summed E-state index contributed by atoms with van der Waals surface area (Å²) in [5.41, 5.74) is 35.3. The van der Waals surface area contributed by atoms with Crippen LogP contribution >= 0.6 is 0 Å². The number of nitrogens with two attached hydrogens (primary N) is 4. The van der Waals surface area contributed by atoms with Gasteiger partial charge in [-0.15, -0.1) is 0 Å². The molecule has 236 valence electrons. The van der Waals surface area contributed by atoms with Crippen LogP contribution in [0.1, 0.15) is 57.1 Å². The lowest BCUT2D eigenvalue weighted by atomic mass is 9.65. The molecule has 0 spiro atoms. The average molecular weight is 619 g/mol. The molecule has 1 aliphatic rings. The summed E-state index contributed by atoms with van der Waals surface area (Å²) < 4.78 is 0. The van der Waals surface area contributed by atoms with Crippen molar-refractivity contribution in [1.29, 1.82) is 0 Å². The van der Waals surface area contributed by atoms with Gasteiger partial charge in [0.15, 0.2) is 5.78 Å². The van der Waals surface area contributed by atoms with Crippen molar-refractivity contribution in [3.05, 3.63) is 178 Å². The zero-order chi connectivity index (χ0) is 33.0. The Hall–Kier alpha value is -5.55. The predicted octanol–water partition coefficient (Wildman–Crippen LogP) is 8.08. The third-order valence-electron chi connectivity index (χ3n) is 9.52. The van der Waals surface area contributed by atoms with Crippen LogP contribution in [-0.4, -0.2) is 5.78 Å². The first-order valence-corrected chi connectivity index (χ1v) is 16.1. The summed E-state index contributed by atoms with van der Waals surface area (Å²) in [5.74, 6) is 0.171. The van der Waals surface area contributed by atoms with E-state index < -0.39 is 0 Å². The van der Waals surface area contributed by atoms with Gasteiger partial charge in [0.25, 0.3) is 0 Å². The van der Waals surface area contributed by atoms with Crippen LogP contribution in [0.2, 0.25) is 0 Å². The lowest BCUT2D eigenvalue weighted by Gasteiger charge is -2.38. The molecule has 2 atom stereocenters. The summed E-state index contributed by atoms with van der Waals surface area (Å²) in [7, 11) is 0. The molecule has 0 saturated carbocycles. The van der Waals surface area contributed by atoms with Crippen molar-refractivity contribution in [2.45, 2.75) is 38.0 Å². The number of nitrogen functional groups attached to an aromatic ring is 4. The van der Waals surface area contributed by atoms with Gasteiger partial charge >= 0.3 is 0 Å². The molecule has 1 aliphatic carbocycles. The van der Waals surface area contributed by atoms with Crippen molar-refractivity contribution in [1.82, 2.24) is 0 Å². The standard InChI is InChI=1S/C42H42N4O/c1-42(35-13-2-28(3-14-35)24-30-6-17-37(43)18-7-30,36-15-4-29(5-16-36)25-31-8-19-38(44)20-9-31)27-34-26-33(12-23-40(34)46)41(47)32-10-21-39(45)22-11-32/h2-15,17-23,26,36H,16,24-25,27,43-46H2,1H3. The maximum Gasteiger partial charge on any atom is 0.193 e. The van der Waals surface area contributed by atoms with Crippen LogP contribution < -0.4 is 22.9 Å². The summed E-state index contributed by atoms with van der Waals surface area (Å²) >= 11 is 0. The Kier molecular flexibility index (Phi) is 8.99. The molecule has 0 radical (unpaired) electrons. The third kappa shape index (κ3) is 7.31. The van der Waals surface area contributed by atoms with Crippen molar-refractivity contribution in [2.75, 3.05) is 22.9 Å². The number of anilines is 4. The first-order chi connectivity index (χ1) is 22.7. The molecule has 6 rings (SSSR count). The van der Waals surface area contributed by atoms with Gasteiger partial charge in [0.1, 0.15) is 0 Å². The quantitative estimate of drug-likeness (QED) is 0.0931. The molecule has 0 saturated heterocycles. The molecule has 0 aromatic heterocycles. The number of hydrogen-bond donors (Lipinski definition) is 4. The number of allylic oxidation sites excluding steroid dienone is 4. The second-order valence-corrected chi connectivity index (χ2v) is 13.0. The molecule has 0 aliphatic heterocycles. The molecule has 5 aromatic carbocycles. The summed E-state index contributed by atoms with van der Waals surface area (Å²) in [6, 6.07) is 37.8. The molecule has 0 heterocycles. The van der Waals surface area contributed by atoms with E-state index in [1.165, 1.54) is 27.8 Å². The minimum absolute atomic E-state index is 0.0484. The highest BCUT2D eigenvalue weighted by atomic mass is 16.1. The van der Waals surface area contributed by atoms with Crippen molar-refractivity contribution >= 4 is 28.5 Å². The van der Waals surface area contributed by atoms with Gasteiger partial charge in [-0.05, 0) is 132 Å². The Morgan fingerprint density at radius 2 is 1.17 bits per heavy atom. The van der Waals surface area contributed by atoms with Crippen LogP contribution in [-0.2, 0) is 24.7 Å². The molecule has 0 amide bonds. The van der Waals surface area contributed by atoms with Gasteiger partial charge in [-0.1, -0.05) is 73.7 Å². The lowest BCUT2D eigenvalue weighted by Crippen LogP contribution is -2.34. The summed E-state index contributed by atoms with van der Waals surface area (Å²) in [6.07, 6.45) is 10.3. The Bertz CT molecular complexity index is 1920. The van der Waals surface area contributed by atoms with E-state index in [1.54, 1.807) is 24.3 Å². The fourth-order valence-corrected chi connectivity index (χ4v) is 6.56. The van der Waals surface area contributed by atoms with E-state index >= 15 is 0 Å². The number of carbonyl (C=O) groups is 1. The average Bonchev–Trinajstić information content (AvgIpc) is 3.08. The van der Waals surface area contributed by atoms with Crippen molar-refractivity contribution in [3.8, 4) is 0 Å². The first-order valence-electron chi connectivity index (χ1n) is 16.1. The van der Waals surface area contributed by atoms with Gasteiger partial charge in [-0.2, -0.15) is 0 Å². The molecule has 8 N–H and O–H groups in total. The summed E-state index contributed by atoms with van der Waals surface area (Å²) in [5, 5.41) is 0. The monoisotopic (exact) mass is 618 g/mol. The van der Waals surface area contributed by atoms with E-state index in [-0.39, 0.29) is 17.1 Å². The second-order valence-electron chi connectivity index (χ2n) is 13.0. The molecular weight excluding hydrogens is 576 g/mol. The predicted molar refractivity (Wildman–Crippen MR) is 196 cm³/mol. The van der Waals surface area contributed by atoms with Crippen molar-refractivity contribution in [2.24, 2.45) is 5.92 Å². The largest absolute Gasteiger partial charge is 0.399 e. The van der Waals surface area contributed by atoms with E-state index in [1.807, 2.05) is 42.5 Å². The SMILES string of the molecule is CC(Cc1cc(C(=O)c2ccc(N)cc2)ccc1N)(c1ccc(Cc2ccc(N)cc2)cc1)C1C=CC(Cc2ccc(N)cc2)=CC1. The Balaban J connectivity index is 1.30. The number of hydrogen-bond acceptors (Lipinski definition) is 5. The van der Waals surface area contributed by atoms with Crippen LogP contribution in [0.4, 0.5) is 22.7 Å². The van der Waals surface area contributed by atoms with Crippen LogP contribution in [0.5, 0.6) is 0 Å². The van der Waals surface area contributed by atoms with Gasteiger partial charge in [0, 0.05) is 39.3 Å². The van der Waals surface area contributed by atoms with E-state index in [0.717, 1.165) is 36.2 Å². The first kappa shape index (κ1) is 31.4. The minimum Gasteiger partial charge on any atom is -0.399 e. The number of ketones is 1. The number of carbonyl (C=O) groups excluding carboxylic acids is 1. The lowest BCUT2D eigenvalue weighted by molar-refractivity contribution is 0.103. The molecular formula is C42H42N4O. The molecule has 2 unspecified atom stereocenters. The van der Waals surface area contributed by atoms with E-state index in [2.05, 4.69) is 73.7 Å². The van der Waals surface area contributed by atoms with E-state index in [9.17, 15) is 4.79 Å². The van der Waals surface area contributed by atoms with Gasteiger partial charge < -0.3 is 22.9 Å². The highest BCUT2D eigenvalue weighted by Gasteiger charge is 2.36. The normalized spacial score (nSPS) is 15.5. The Labute approximate surface area is 277 Å². The molecule has 5 nitrogen and oxygen atoms in total. The smallest absolute Gasteiger partial charge is 0.193 e. The van der Waals surface area contributed by atoms with Crippen molar-refractivity contribution in [3.63, 3.8) is 0 Å². The highest BCUT2D eigenvalue weighted by Crippen LogP contribution is 2.42. The number of rotatable bonds is 10. The van der Waals surface area contributed by atoms with Gasteiger partial charge in [0.2, 0.25) is 0 Å². The van der Waals surface area contributed by atoms with Gasteiger partial charge in [-0.3, -0.25) is 4.79 Å². The minimum atomic E-state index is -0.295. The fraction of sp³-hybridized carbons (Fsp3) is 0.167. The third-order valence-corrected chi connectivity index (χ3v) is 9.52. The van der Waals surface area contributed by atoms with E-state index in [4.69, 9.17) is 22.9 Å². The highest BCUT2D eigenvalue weighted by molar-refractivity contribution is 6.09. The van der Waals surface area contributed by atoms with E-state index in [0.29, 0.717) is 28.9 Å². The Morgan fingerprint density at radius 3 is 1.72 bits per heavy atom. The maximum atomic E-state index is 13.5. The van der Waals surface area contributed by atoms with Gasteiger partial charge in [-0.25, -0.2) is 0 Å². The zero-order valence-electron chi connectivity index (χ0n) is 26.8. The summed E-state index contributed by atoms with van der Waals surface area (Å²) in [4.78, 5) is 13.5. The zero-order valence-corrected chi connectivity index (χ0v) is 26.8. The molecule has 47 heavy (non-hydrogen) atoms. The number of benzene rings is 5. The maximum absolute atomic E-state index is 13.5. The topological polar surface area (TPSA) is 121 Å². The van der Waals surface area contributed by atoms with Crippen LogP contribution in [0.3, 0.4) is 0 Å². The molecule has 5 aromatic rings.